The van der Waals surface area contributed by atoms with E-state index < -0.39 is 4.92 Å². The van der Waals surface area contributed by atoms with E-state index in [9.17, 15) is 14.9 Å². The maximum absolute atomic E-state index is 11.4. The third-order valence-corrected chi connectivity index (χ3v) is 2.73. The van der Waals surface area contributed by atoms with Crippen molar-refractivity contribution in [2.24, 2.45) is 5.92 Å². The predicted octanol–water partition coefficient (Wildman–Crippen LogP) is 2.67. The highest BCUT2D eigenvalue weighted by Crippen LogP contribution is 2.34. The minimum atomic E-state index is -0.569. The molecule has 1 fully saturated rings. The van der Waals surface area contributed by atoms with Crippen LogP contribution in [0.4, 0.5) is 5.69 Å². The fraction of sp³-hybridized carbons (Fsp3) is 0.300. The first-order valence-corrected chi connectivity index (χ1v) is 5.53. The second kappa shape index (κ2) is 4.21. The first-order valence-electron chi connectivity index (χ1n) is 4.73. The van der Waals surface area contributed by atoms with Crippen LogP contribution in [0.2, 0.25) is 0 Å². The molecule has 2 rings (SSSR count). The van der Waals surface area contributed by atoms with Crippen LogP contribution in [0, 0.1) is 16.0 Å². The van der Waals surface area contributed by atoms with E-state index in [1.165, 1.54) is 12.1 Å². The molecule has 5 nitrogen and oxygen atoms in total. The molecule has 0 heterocycles. The van der Waals surface area contributed by atoms with Crippen LogP contribution in [-0.2, 0) is 4.79 Å². The van der Waals surface area contributed by atoms with Gasteiger partial charge in [-0.15, -0.1) is 0 Å². The van der Waals surface area contributed by atoms with Gasteiger partial charge in [0.25, 0.3) is 0 Å². The van der Waals surface area contributed by atoms with Crippen LogP contribution < -0.4 is 4.74 Å². The van der Waals surface area contributed by atoms with Crippen molar-refractivity contribution in [2.75, 3.05) is 0 Å². The number of benzene rings is 1. The molecule has 0 atom stereocenters. The van der Waals surface area contributed by atoms with Crippen LogP contribution in [-0.4, -0.2) is 10.9 Å². The highest BCUT2D eigenvalue weighted by Gasteiger charge is 2.33. The lowest BCUT2D eigenvalue weighted by molar-refractivity contribution is -0.385. The van der Waals surface area contributed by atoms with Gasteiger partial charge in [0, 0.05) is 10.5 Å². The Balaban J connectivity index is 2.24. The van der Waals surface area contributed by atoms with Crippen LogP contribution in [0.1, 0.15) is 12.8 Å². The first kappa shape index (κ1) is 11.1. The summed E-state index contributed by atoms with van der Waals surface area (Å²) in [5, 5.41) is 10.7. The summed E-state index contributed by atoms with van der Waals surface area (Å²) in [5.74, 6) is -0.459. The molecule has 0 aromatic heterocycles. The predicted molar refractivity (Wildman–Crippen MR) is 59.2 cm³/mol. The van der Waals surface area contributed by atoms with Crippen LogP contribution >= 0.6 is 15.9 Å². The molecule has 0 radical (unpaired) electrons. The number of halogens is 1. The standard InChI is InChI=1S/C10H8BrNO4/c11-7-3-4-9(8(5-7)12(14)15)16-10(13)6-1-2-6/h3-6H,1-2H2. The summed E-state index contributed by atoms with van der Waals surface area (Å²) < 4.78 is 5.56. The van der Waals surface area contributed by atoms with Gasteiger partial charge in [0.2, 0.25) is 5.75 Å². The van der Waals surface area contributed by atoms with Crippen molar-refractivity contribution in [3.63, 3.8) is 0 Å². The lowest BCUT2D eigenvalue weighted by Crippen LogP contribution is -2.10. The fourth-order valence-corrected chi connectivity index (χ4v) is 1.58. The van der Waals surface area contributed by atoms with Crippen molar-refractivity contribution in [2.45, 2.75) is 12.8 Å². The number of carbonyl (C=O) groups excluding carboxylic acids is 1. The Bertz CT molecular complexity index is 456. The van der Waals surface area contributed by atoms with E-state index in [4.69, 9.17) is 4.74 Å². The van der Waals surface area contributed by atoms with Gasteiger partial charge < -0.3 is 4.74 Å². The monoisotopic (exact) mass is 285 g/mol. The molecular weight excluding hydrogens is 278 g/mol. The maximum Gasteiger partial charge on any atom is 0.314 e. The van der Waals surface area contributed by atoms with Crippen molar-refractivity contribution in [1.29, 1.82) is 0 Å². The molecule has 6 heteroatoms. The average molecular weight is 286 g/mol. The third kappa shape index (κ3) is 2.38. The van der Waals surface area contributed by atoms with Gasteiger partial charge in [-0.05, 0) is 25.0 Å². The number of hydrogen-bond acceptors (Lipinski definition) is 4. The Morgan fingerprint density at radius 1 is 1.50 bits per heavy atom. The van der Waals surface area contributed by atoms with Crippen LogP contribution in [0.25, 0.3) is 0 Å². The molecule has 1 aromatic carbocycles. The zero-order valence-corrected chi connectivity index (χ0v) is 9.77. The minimum Gasteiger partial charge on any atom is -0.419 e. The van der Waals surface area contributed by atoms with E-state index in [1.807, 2.05) is 0 Å². The molecule has 16 heavy (non-hydrogen) atoms. The van der Waals surface area contributed by atoms with Gasteiger partial charge in [-0.25, -0.2) is 0 Å². The molecule has 1 aliphatic carbocycles. The van der Waals surface area contributed by atoms with Crippen LogP contribution in [0.15, 0.2) is 22.7 Å². The third-order valence-electron chi connectivity index (χ3n) is 2.24. The SMILES string of the molecule is O=C(Oc1ccc(Br)cc1[N+](=O)[O-])C1CC1. The zero-order chi connectivity index (χ0) is 11.7. The summed E-state index contributed by atoms with van der Waals surface area (Å²) >= 11 is 3.13. The van der Waals surface area contributed by atoms with Gasteiger partial charge in [-0.2, -0.15) is 0 Å². The topological polar surface area (TPSA) is 69.4 Å². The van der Waals surface area contributed by atoms with Gasteiger partial charge >= 0.3 is 11.7 Å². The molecular formula is C10H8BrNO4. The van der Waals surface area contributed by atoms with Gasteiger partial charge in [0.1, 0.15) is 0 Å². The summed E-state index contributed by atoms with van der Waals surface area (Å²) in [7, 11) is 0. The average Bonchev–Trinajstić information content (AvgIpc) is 3.03. The molecule has 84 valence electrons. The van der Waals surface area contributed by atoms with Crippen LogP contribution in [0.3, 0.4) is 0 Å². The van der Waals surface area contributed by atoms with Crippen molar-refractivity contribution < 1.29 is 14.5 Å². The fourth-order valence-electron chi connectivity index (χ4n) is 1.23. The Morgan fingerprint density at radius 2 is 2.19 bits per heavy atom. The summed E-state index contributed by atoms with van der Waals surface area (Å²) in [6.07, 6.45) is 1.62. The number of esters is 1. The van der Waals surface area contributed by atoms with Crippen molar-refractivity contribution in [3.05, 3.63) is 32.8 Å². The number of carbonyl (C=O) groups is 1. The van der Waals surface area contributed by atoms with E-state index in [0.29, 0.717) is 4.47 Å². The van der Waals surface area contributed by atoms with E-state index in [1.54, 1.807) is 6.07 Å². The smallest absolute Gasteiger partial charge is 0.314 e. The number of nitrogens with zero attached hydrogens (tertiary/aromatic N) is 1. The molecule has 1 aromatic rings. The highest BCUT2D eigenvalue weighted by atomic mass is 79.9. The Hall–Kier alpha value is -1.43. The number of nitro groups is 1. The largest absolute Gasteiger partial charge is 0.419 e. The van der Waals surface area contributed by atoms with Crippen molar-refractivity contribution >= 4 is 27.6 Å². The zero-order valence-electron chi connectivity index (χ0n) is 8.18. The molecule has 0 bridgehead atoms. The molecule has 1 aliphatic rings. The normalized spacial score (nSPS) is 14.6. The molecule has 0 aliphatic heterocycles. The van der Waals surface area contributed by atoms with E-state index in [2.05, 4.69) is 15.9 Å². The minimum absolute atomic E-state index is 0.00472. The molecule has 0 spiro atoms. The van der Waals surface area contributed by atoms with E-state index in [-0.39, 0.29) is 23.3 Å². The number of hydrogen-bond donors (Lipinski definition) is 0. The quantitative estimate of drug-likeness (QED) is 0.371. The van der Waals surface area contributed by atoms with Gasteiger partial charge in [-0.3, -0.25) is 14.9 Å². The van der Waals surface area contributed by atoms with Gasteiger partial charge in [-0.1, -0.05) is 15.9 Å². The lowest BCUT2D eigenvalue weighted by atomic mass is 10.3. The van der Waals surface area contributed by atoms with Crippen LogP contribution in [0.5, 0.6) is 5.75 Å². The number of ether oxygens (including phenoxy) is 1. The van der Waals surface area contributed by atoms with Crippen molar-refractivity contribution in [1.82, 2.24) is 0 Å². The van der Waals surface area contributed by atoms with Crippen molar-refractivity contribution in [3.8, 4) is 5.75 Å². The summed E-state index contributed by atoms with van der Waals surface area (Å²) in [4.78, 5) is 21.5. The van der Waals surface area contributed by atoms with E-state index in [0.717, 1.165) is 12.8 Å². The maximum atomic E-state index is 11.4. The second-order valence-electron chi connectivity index (χ2n) is 3.56. The lowest BCUT2D eigenvalue weighted by Gasteiger charge is -2.04. The summed E-state index contributed by atoms with van der Waals surface area (Å²) in [5.41, 5.74) is -0.205. The molecule has 0 unspecified atom stereocenters. The Kier molecular flexibility index (Phi) is 2.91. The number of nitro benzene ring substituents is 1. The molecule has 1 saturated carbocycles. The number of rotatable bonds is 3. The Morgan fingerprint density at radius 3 is 2.75 bits per heavy atom. The Labute approximate surface area is 99.7 Å². The highest BCUT2D eigenvalue weighted by molar-refractivity contribution is 9.10. The van der Waals surface area contributed by atoms with Gasteiger partial charge in [0.15, 0.2) is 0 Å². The second-order valence-corrected chi connectivity index (χ2v) is 4.48. The van der Waals surface area contributed by atoms with Gasteiger partial charge in [0.05, 0.1) is 10.8 Å². The summed E-state index contributed by atoms with van der Waals surface area (Å²) in [6, 6.07) is 4.33. The molecule has 0 N–H and O–H groups in total. The molecule has 0 saturated heterocycles. The molecule has 0 amide bonds. The van der Waals surface area contributed by atoms with E-state index >= 15 is 0 Å². The first-order chi connectivity index (χ1) is 7.58. The summed E-state index contributed by atoms with van der Waals surface area (Å²) in [6.45, 7) is 0.